The molecular formula is C9H14N2. The second-order valence-corrected chi connectivity index (χ2v) is 3.23. The minimum Gasteiger partial charge on any atom is -0.311 e. The second-order valence-electron chi connectivity index (χ2n) is 3.23. The lowest BCUT2D eigenvalue weighted by molar-refractivity contribution is 0.357. The lowest BCUT2D eigenvalue weighted by Gasteiger charge is -2.29. The molecule has 0 aromatic rings. The first kappa shape index (κ1) is 6.92. The Bertz CT molecular complexity index is 216. The van der Waals surface area contributed by atoms with Gasteiger partial charge in [0.05, 0.1) is 6.54 Å². The molecule has 1 aliphatic carbocycles. The Morgan fingerprint density at radius 1 is 1.27 bits per heavy atom. The number of nitrogens with zero attached hydrogens (tertiary/aromatic N) is 1. The molecule has 0 bridgehead atoms. The molecule has 0 fully saturated rings. The average Bonchev–Trinajstić information content (AvgIpc) is 2.06. The molecule has 0 saturated heterocycles. The molecule has 2 aliphatic rings. The number of allylic oxidation sites excluding steroid dienone is 3. The largest absolute Gasteiger partial charge is 0.311 e. The molecule has 2 nitrogen and oxygen atoms in total. The van der Waals surface area contributed by atoms with Crippen LogP contribution < -0.4 is 5.84 Å². The molecule has 0 saturated carbocycles. The molecule has 2 rings (SSSR count). The molecule has 0 atom stereocenters. The van der Waals surface area contributed by atoms with E-state index in [0.29, 0.717) is 0 Å². The fourth-order valence-electron chi connectivity index (χ4n) is 1.84. The first-order valence-electron chi connectivity index (χ1n) is 4.29. The molecule has 11 heavy (non-hydrogen) atoms. The topological polar surface area (TPSA) is 29.3 Å². The molecule has 2 heteroatoms. The zero-order valence-corrected chi connectivity index (χ0v) is 6.71. The highest BCUT2D eigenvalue weighted by atomic mass is 15.4. The summed E-state index contributed by atoms with van der Waals surface area (Å²) in [5.41, 5.74) is 2.84. The molecule has 2 N–H and O–H groups in total. The van der Waals surface area contributed by atoms with Gasteiger partial charge in [0.15, 0.2) is 0 Å². The Morgan fingerprint density at radius 3 is 2.91 bits per heavy atom. The van der Waals surface area contributed by atoms with Crippen molar-refractivity contribution in [2.45, 2.75) is 25.7 Å². The van der Waals surface area contributed by atoms with Gasteiger partial charge in [-0.15, -0.1) is 0 Å². The van der Waals surface area contributed by atoms with E-state index in [9.17, 15) is 0 Å². The number of nitrogens with two attached hydrogens (primary N) is 1. The Hall–Kier alpha value is -0.760. The normalized spacial score (nSPS) is 23.9. The summed E-state index contributed by atoms with van der Waals surface area (Å²) in [5.74, 6) is 5.81. The molecular weight excluding hydrogens is 136 g/mol. The highest BCUT2D eigenvalue weighted by Gasteiger charge is 2.16. The maximum absolute atomic E-state index is 5.81. The summed E-state index contributed by atoms with van der Waals surface area (Å²) in [6.45, 7) is 0.888. The molecule has 1 heterocycles. The standard InChI is InChI=1S/C9H14N2/c10-11-7-3-5-8-4-1-2-6-9(8)11/h3,5H,1-2,4,6-7,10H2. The smallest absolute Gasteiger partial charge is 0.0522 e. The summed E-state index contributed by atoms with van der Waals surface area (Å²) in [5, 5.41) is 1.88. The minimum atomic E-state index is 0.888. The van der Waals surface area contributed by atoms with Gasteiger partial charge in [-0.25, -0.2) is 5.84 Å². The van der Waals surface area contributed by atoms with Gasteiger partial charge in [0.2, 0.25) is 0 Å². The number of hydrogen-bond acceptors (Lipinski definition) is 2. The van der Waals surface area contributed by atoms with E-state index in [1.807, 2.05) is 5.01 Å². The zero-order chi connectivity index (χ0) is 7.68. The Labute approximate surface area is 67.3 Å². The first-order chi connectivity index (χ1) is 5.38. The number of hydrazine groups is 1. The fraction of sp³-hybridized carbons (Fsp3) is 0.556. The van der Waals surface area contributed by atoms with Crippen LogP contribution in [0, 0.1) is 0 Å². The molecule has 0 amide bonds. The van der Waals surface area contributed by atoms with Crippen LogP contribution in [0.5, 0.6) is 0 Å². The van der Waals surface area contributed by atoms with Gasteiger partial charge in [0.1, 0.15) is 0 Å². The predicted molar refractivity (Wildman–Crippen MR) is 45.5 cm³/mol. The fourth-order valence-corrected chi connectivity index (χ4v) is 1.84. The first-order valence-corrected chi connectivity index (χ1v) is 4.29. The van der Waals surface area contributed by atoms with Gasteiger partial charge in [-0.2, -0.15) is 0 Å². The highest BCUT2D eigenvalue weighted by molar-refractivity contribution is 5.30. The summed E-state index contributed by atoms with van der Waals surface area (Å²) < 4.78 is 0. The van der Waals surface area contributed by atoms with Gasteiger partial charge < -0.3 is 5.01 Å². The lowest BCUT2D eigenvalue weighted by atomic mass is 9.94. The van der Waals surface area contributed by atoms with Crippen molar-refractivity contribution >= 4 is 0 Å². The van der Waals surface area contributed by atoms with E-state index in [2.05, 4.69) is 12.2 Å². The molecule has 60 valence electrons. The molecule has 0 spiro atoms. The minimum absolute atomic E-state index is 0.888. The van der Waals surface area contributed by atoms with Crippen LogP contribution in [-0.4, -0.2) is 11.6 Å². The van der Waals surface area contributed by atoms with Crippen LogP contribution in [0.25, 0.3) is 0 Å². The zero-order valence-electron chi connectivity index (χ0n) is 6.71. The van der Waals surface area contributed by atoms with E-state index in [1.165, 1.54) is 37.0 Å². The van der Waals surface area contributed by atoms with E-state index < -0.39 is 0 Å². The molecule has 0 radical (unpaired) electrons. The van der Waals surface area contributed by atoms with E-state index in [-0.39, 0.29) is 0 Å². The van der Waals surface area contributed by atoms with E-state index >= 15 is 0 Å². The van der Waals surface area contributed by atoms with Crippen molar-refractivity contribution in [1.29, 1.82) is 0 Å². The molecule has 0 aromatic heterocycles. The van der Waals surface area contributed by atoms with Crippen LogP contribution >= 0.6 is 0 Å². The summed E-state index contributed by atoms with van der Waals surface area (Å²) >= 11 is 0. The van der Waals surface area contributed by atoms with Crippen LogP contribution in [0.4, 0.5) is 0 Å². The monoisotopic (exact) mass is 150 g/mol. The van der Waals surface area contributed by atoms with Crippen molar-refractivity contribution in [2.24, 2.45) is 5.84 Å². The lowest BCUT2D eigenvalue weighted by Crippen LogP contribution is -2.33. The van der Waals surface area contributed by atoms with Crippen molar-refractivity contribution in [1.82, 2.24) is 5.01 Å². The van der Waals surface area contributed by atoms with Crippen molar-refractivity contribution < 1.29 is 0 Å². The van der Waals surface area contributed by atoms with Crippen molar-refractivity contribution in [3.8, 4) is 0 Å². The van der Waals surface area contributed by atoms with Gasteiger partial charge >= 0.3 is 0 Å². The number of rotatable bonds is 0. The van der Waals surface area contributed by atoms with Gasteiger partial charge in [0, 0.05) is 5.70 Å². The third-order valence-electron chi connectivity index (χ3n) is 2.45. The van der Waals surface area contributed by atoms with Crippen LogP contribution in [0.15, 0.2) is 23.4 Å². The number of hydrogen-bond donors (Lipinski definition) is 1. The Balaban J connectivity index is 2.27. The van der Waals surface area contributed by atoms with Crippen LogP contribution in [0.2, 0.25) is 0 Å². The average molecular weight is 150 g/mol. The Morgan fingerprint density at radius 2 is 2.09 bits per heavy atom. The maximum atomic E-state index is 5.81. The van der Waals surface area contributed by atoms with Crippen molar-refractivity contribution in [3.63, 3.8) is 0 Å². The summed E-state index contributed by atoms with van der Waals surface area (Å²) in [6.07, 6.45) is 9.41. The molecule has 0 unspecified atom stereocenters. The summed E-state index contributed by atoms with van der Waals surface area (Å²) in [7, 11) is 0. The van der Waals surface area contributed by atoms with Crippen LogP contribution in [0.3, 0.4) is 0 Å². The summed E-state index contributed by atoms with van der Waals surface area (Å²) in [4.78, 5) is 0. The molecule has 1 aliphatic heterocycles. The quantitative estimate of drug-likeness (QED) is 0.531. The van der Waals surface area contributed by atoms with Crippen LogP contribution in [-0.2, 0) is 0 Å². The van der Waals surface area contributed by atoms with Gasteiger partial charge in [0.25, 0.3) is 0 Å². The second kappa shape index (κ2) is 2.70. The third kappa shape index (κ3) is 1.18. The molecule has 0 aromatic carbocycles. The van der Waals surface area contributed by atoms with Crippen LogP contribution in [0.1, 0.15) is 25.7 Å². The van der Waals surface area contributed by atoms with Gasteiger partial charge in [-0.1, -0.05) is 12.2 Å². The van der Waals surface area contributed by atoms with E-state index in [1.54, 1.807) is 0 Å². The Kier molecular flexibility index (Phi) is 1.70. The van der Waals surface area contributed by atoms with Gasteiger partial charge in [-0.05, 0) is 31.3 Å². The third-order valence-corrected chi connectivity index (χ3v) is 2.45. The highest BCUT2D eigenvalue weighted by Crippen LogP contribution is 2.28. The maximum Gasteiger partial charge on any atom is 0.0522 e. The van der Waals surface area contributed by atoms with E-state index in [0.717, 1.165) is 6.54 Å². The SMILES string of the molecule is NN1CC=CC2=C1CCCC2. The van der Waals surface area contributed by atoms with E-state index in [4.69, 9.17) is 5.84 Å². The predicted octanol–water partition coefficient (Wildman–Crippen LogP) is 1.56. The van der Waals surface area contributed by atoms with Crippen molar-refractivity contribution in [2.75, 3.05) is 6.54 Å². The van der Waals surface area contributed by atoms with Crippen molar-refractivity contribution in [3.05, 3.63) is 23.4 Å². The summed E-state index contributed by atoms with van der Waals surface area (Å²) in [6, 6.07) is 0. The van der Waals surface area contributed by atoms with Gasteiger partial charge in [-0.3, -0.25) is 0 Å².